The summed E-state index contributed by atoms with van der Waals surface area (Å²) in [6.45, 7) is 3.85. The van der Waals surface area contributed by atoms with Crippen molar-refractivity contribution in [1.29, 1.82) is 5.26 Å². The Morgan fingerprint density at radius 1 is 1.29 bits per heavy atom. The minimum Gasteiger partial charge on any atom is -0.378 e. The van der Waals surface area contributed by atoms with E-state index in [-0.39, 0.29) is 11.7 Å². The molecule has 0 radical (unpaired) electrons. The van der Waals surface area contributed by atoms with Gasteiger partial charge in [0, 0.05) is 23.9 Å². The van der Waals surface area contributed by atoms with Gasteiger partial charge in [0.25, 0.3) is 5.69 Å². The monoisotopic (exact) mass is 281 g/mol. The molecule has 21 heavy (non-hydrogen) atoms. The molecule has 0 saturated heterocycles. The highest BCUT2D eigenvalue weighted by atomic mass is 16.6. The highest BCUT2D eigenvalue weighted by molar-refractivity contribution is 5.58. The summed E-state index contributed by atoms with van der Waals surface area (Å²) in [7, 11) is 0. The van der Waals surface area contributed by atoms with E-state index in [1.807, 2.05) is 32.0 Å². The number of anilines is 1. The molecule has 0 aromatic heterocycles. The lowest BCUT2D eigenvalue weighted by molar-refractivity contribution is -0.384. The third-order valence-corrected chi connectivity index (χ3v) is 3.32. The van der Waals surface area contributed by atoms with Gasteiger partial charge in [-0.2, -0.15) is 5.26 Å². The fourth-order valence-electron chi connectivity index (χ4n) is 2.07. The molecule has 0 saturated carbocycles. The smallest absolute Gasteiger partial charge is 0.271 e. The molecular weight excluding hydrogens is 266 g/mol. The molecule has 5 heteroatoms. The van der Waals surface area contributed by atoms with Crippen molar-refractivity contribution in [3.63, 3.8) is 0 Å². The number of nitro groups is 1. The highest BCUT2D eigenvalue weighted by Gasteiger charge is 2.12. The van der Waals surface area contributed by atoms with E-state index in [9.17, 15) is 10.1 Å². The number of hydrogen-bond donors (Lipinski definition) is 1. The quantitative estimate of drug-likeness (QED) is 0.679. The lowest BCUT2D eigenvalue weighted by Crippen LogP contribution is -2.08. The van der Waals surface area contributed by atoms with Crippen molar-refractivity contribution in [2.45, 2.75) is 19.9 Å². The van der Waals surface area contributed by atoms with Crippen molar-refractivity contribution in [3.8, 4) is 6.07 Å². The Hall–Kier alpha value is -2.87. The third kappa shape index (κ3) is 3.37. The van der Waals surface area contributed by atoms with Crippen molar-refractivity contribution in [2.24, 2.45) is 0 Å². The van der Waals surface area contributed by atoms with Gasteiger partial charge in [-0.05, 0) is 37.1 Å². The normalized spacial score (nSPS) is 11.5. The van der Waals surface area contributed by atoms with Crippen LogP contribution in [0.15, 0.2) is 42.5 Å². The molecule has 1 N–H and O–H groups in total. The summed E-state index contributed by atoms with van der Waals surface area (Å²) >= 11 is 0. The summed E-state index contributed by atoms with van der Waals surface area (Å²) in [5.41, 5.74) is 3.26. The molecule has 0 aliphatic heterocycles. The van der Waals surface area contributed by atoms with Gasteiger partial charge in [-0.25, -0.2) is 0 Å². The molecule has 0 amide bonds. The number of nitrogens with zero attached hydrogens (tertiary/aromatic N) is 2. The topological polar surface area (TPSA) is 79.0 Å². The average molecular weight is 281 g/mol. The van der Waals surface area contributed by atoms with Gasteiger partial charge < -0.3 is 5.32 Å². The average Bonchev–Trinajstić information content (AvgIpc) is 2.49. The van der Waals surface area contributed by atoms with Crippen molar-refractivity contribution in [2.75, 3.05) is 5.32 Å². The van der Waals surface area contributed by atoms with Gasteiger partial charge in [0.15, 0.2) is 0 Å². The first kappa shape index (κ1) is 14.5. The van der Waals surface area contributed by atoms with E-state index >= 15 is 0 Å². The Labute approximate surface area is 123 Å². The SMILES string of the molecule is Cc1ccc([N+](=O)[O-])cc1NC(C)c1cccc(C#N)c1. The number of nitriles is 1. The van der Waals surface area contributed by atoms with Crippen molar-refractivity contribution < 1.29 is 4.92 Å². The molecule has 0 fully saturated rings. The zero-order chi connectivity index (χ0) is 15.4. The van der Waals surface area contributed by atoms with Gasteiger partial charge in [-0.3, -0.25) is 10.1 Å². The first-order chi connectivity index (χ1) is 10.0. The first-order valence-corrected chi connectivity index (χ1v) is 6.53. The molecule has 0 aliphatic carbocycles. The second kappa shape index (κ2) is 6.06. The first-order valence-electron chi connectivity index (χ1n) is 6.53. The fourth-order valence-corrected chi connectivity index (χ4v) is 2.07. The molecule has 1 unspecified atom stereocenters. The van der Waals surface area contributed by atoms with E-state index in [1.165, 1.54) is 12.1 Å². The van der Waals surface area contributed by atoms with E-state index in [0.29, 0.717) is 5.56 Å². The number of nitro benzene ring substituents is 1. The van der Waals surface area contributed by atoms with Crippen molar-refractivity contribution in [3.05, 3.63) is 69.3 Å². The molecule has 0 heterocycles. The Balaban J connectivity index is 2.26. The molecule has 106 valence electrons. The fraction of sp³-hybridized carbons (Fsp3) is 0.188. The van der Waals surface area contributed by atoms with Crippen LogP contribution in [-0.4, -0.2) is 4.92 Å². The van der Waals surface area contributed by atoms with Crippen molar-refractivity contribution >= 4 is 11.4 Å². The second-order valence-electron chi connectivity index (χ2n) is 4.86. The van der Waals surface area contributed by atoms with E-state index < -0.39 is 4.92 Å². The number of hydrogen-bond acceptors (Lipinski definition) is 4. The maximum atomic E-state index is 10.8. The number of rotatable bonds is 4. The molecule has 1 atom stereocenters. The molecule has 5 nitrogen and oxygen atoms in total. The second-order valence-corrected chi connectivity index (χ2v) is 4.86. The van der Waals surface area contributed by atoms with Crippen LogP contribution in [0.25, 0.3) is 0 Å². The summed E-state index contributed by atoms with van der Waals surface area (Å²) in [5.74, 6) is 0. The van der Waals surface area contributed by atoms with Crippen LogP contribution in [0.4, 0.5) is 11.4 Å². The zero-order valence-electron chi connectivity index (χ0n) is 11.8. The standard InChI is InChI=1S/C16H15N3O2/c1-11-6-7-15(19(20)21)9-16(11)18-12(2)14-5-3-4-13(8-14)10-17/h3-9,12,18H,1-2H3. The minimum atomic E-state index is -0.411. The predicted octanol–water partition coefficient (Wildman–Crippen LogP) is 3.95. The number of benzene rings is 2. The molecule has 0 spiro atoms. The maximum Gasteiger partial charge on any atom is 0.271 e. The Kier molecular flexibility index (Phi) is 4.19. The molecule has 0 bridgehead atoms. The summed E-state index contributed by atoms with van der Waals surface area (Å²) in [6.07, 6.45) is 0. The summed E-state index contributed by atoms with van der Waals surface area (Å²) in [5, 5.41) is 23.0. The van der Waals surface area contributed by atoms with Gasteiger partial charge >= 0.3 is 0 Å². The van der Waals surface area contributed by atoms with Crippen LogP contribution in [0.5, 0.6) is 0 Å². The number of non-ortho nitro benzene ring substituents is 1. The van der Waals surface area contributed by atoms with Gasteiger partial charge in [0.1, 0.15) is 0 Å². The van der Waals surface area contributed by atoms with E-state index in [1.54, 1.807) is 12.1 Å². The molecule has 2 aromatic rings. The maximum absolute atomic E-state index is 10.8. The van der Waals surface area contributed by atoms with Crippen LogP contribution < -0.4 is 5.32 Å². The van der Waals surface area contributed by atoms with Gasteiger partial charge in [-0.15, -0.1) is 0 Å². The van der Waals surface area contributed by atoms with Crippen LogP contribution in [0.3, 0.4) is 0 Å². The van der Waals surface area contributed by atoms with E-state index in [4.69, 9.17) is 5.26 Å². The third-order valence-electron chi connectivity index (χ3n) is 3.32. The lowest BCUT2D eigenvalue weighted by Gasteiger charge is -2.17. The molecular formula is C16H15N3O2. The molecule has 2 aromatic carbocycles. The molecule has 2 rings (SSSR count). The van der Waals surface area contributed by atoms with Gasteiger partial charge in [-0.1, -0.05) is 18.2 Å². The molecule has 0 aliphatic rings. The van der Waals surface area contributed by atoms with Crippen LogP contribution >= 0.6 is 0 Å². The van der Waals surface area contributed by atoms with Crippen molar-refractivity contribution in [1.82, 2.24) is 0 Å². The summed E-state index contributed by atoms with van der Waals surface area (Å²) in [4.78, 5) is 10.4. The summed E-state index contributed by atoms with van der Waals surface area (Å²) in [6, 6.07) is 14.1. The lowest BCUT2D eigenvalue weighted by atomic mass is 10.0. The highest BCUT2D eigenvalue weighted by Crippen LogP contribution is 2.26. The summed E-state index contributed by atoms with van der Waals surface area (Å²) < 4.78 is 0. The Morgan fingerprint density at radius 3 is 2.71 bits per heavy atom. The van der Waals surface area contributed by atoms with Gasteiger partial charge in [0.05, 0.1) is 16.6 Å². The van der Waals surface area contributed by atoms with Gasteiger partial charge in [0.2, 0.25) is 0 Å². The van der Waals surface area contributed by atoms with Crippen LogP contribution in [0, 0.1) is 28.4 Å². The van der Waals surface area contributed by atoms with E-state index in [0.717, 1.165) is 16.8 Å². The predicted molar refractivity (Wildman–Crippen MR) is 81.0 cm³/mol. The van der Waals surface area contributed by atoms with Crippen LogP contribution in [-0.2, 0) is 0 Å². The number of nitrogens with one attached hydrogen (secondary N) is 1. The number of aryl methyl sites for hydroxylation is 1. The Morgan fingerprint density at radius 2 is 2.05 bits per heavy atom. The largest absolute Gasteiger partial charge is 0.378 e. The minimum absolute atomic E-state index is 0.0565. The Bertz CT molecular complexity index is 720. The van der Waals surface area contributed by atoms with Crippen LogP contribution in [0.2, 0.25) is 0 Å². The van der Waals surface area contributed by atoms with Crippen LogP contribution in [0.1, 0.15) is 29.7 Å². The van der Waals surface area contributed by atoms with E-state index in [2.05, 4.69) is 11.4 Å². The zero-order valence-corrected chi connectivity index (χ0v) is 11.8.